The molecule has 1 N–H and O–H groups in total. The molecule has 31 heavy (non-hydrogen) atoms. The van der Waals surface area contributed by atoms with Gasteiger partial charge in [0.05, 0.1) is 4.92 Å². The second kappa shape index (κ2) is 11.0. The Hall–Kier alpha value is -2.84. The predicted octanol–water partition coefficient (Wildman–Crippen LogP) is 3.64. The fourth-order valence-electron chi connectivity index (χ4n) is 3.64. The summed E-state index contributed by atoms with van der Waals surface area (Å²) in [5, 5.41) is 14.5. The lowest BCUT2D eigenvalue weighted by molar-refractivity contribution is -0.385. The summed E-state index contributed by atoms with van der Waals surface area (Å²) in [6.07, 6.45) is 1.61. The molecule has 0 radical (unpaired) electrons. The minimum absolute atomic E-state index is 0.103. The van der Waals surface area contributed by atoms with Gasteiger partial charge in [-0.1, -0.05) is 18.2 Å². The number of nitro benzene ring substituents is 1. The topological polar surface area (TPSA) is 100 Å². The van der Waals surface area contributed by atoms with E-state index in [1.165, 1.54) is 6.07 Å². The number of carbonyl (C=O) groups is 1. The van der Waals surface area contributed by atoms with Crippen molar-refractivity contribution >= 4 is 17.7 Å². The summed E-state index contributed by atoms with van der Waals surface area (Å²) in [6.45, 7) is 10.9. The molecular weight excluding hydrogens is 398 g/mol. The third-order valence-electron chi connectivity index (χ3n) is 5.26. The lowest BCUT2D eigenvalue weighted by Gasteiger charge is -2.36. The molecule has 9 nitrogen and oxygen atoms in total. The maximum atomic E-state index is 12.4. The van der Waals surface area contributed by atoms with E-state index in [2.05, 4.69) is 15.2 Å². The zero-order chi connectivity index (χ0) is 23.0. The Kier molecular flexibility index (Phi) is 8.65. The van der Waals surface area contributed by atoms with Crippen molar-refractivity contribution in [1.29, 1.82) is 0 Å². The largest absolute Gasteiger partial charge is 0.444 e. The maximum Gasteiger partial charge on any atom is 0.410 e. The van der Waals surface area contributed by atoms with E-state index in [4.69, 9.17) is 4.74 Å². The number of rotatable bonds is 6. The first-order valence-electron chi connectivity index (χ1n) is 10.8. The molecule has 0 atom stereocenters. The Morgan fingerprint density at radius 2 is 1.97 bits per heavy atom. The van der Waals surface area contributed by atoms with Crippen molar-refractivity contribution in [2.24, 2.45) is 10.9 Å². The van der Waals surface area contributed by atoms with Crippen molar-refractivity contribution < 1.29 is 14.5 Å². The summed E-state index contributed by atoms with van der Waals surface area (Å²) in [4.78, 5) is 31.5. The Bertz CT molecular complexity index is 782. The lowest BCUT2D eigenvalue weighted by atomic mass is 9.96. The van der Waals surface area contributed by atoms with Crippen molar-refractivity contribution in [3.8, 4) is 0 Å². The summed E-state index contributed by atoms with van der Waals surface area (Å²) in [7, 11) is 1.72. The van der Waals surface area contributed by atoms with E-state index < -0.39 is 5.60 Å². The van der Waals surface area contributed by atoms with Crippen molar-refractivity contribution in [2.45, 2.75) is 52.7 Å². The Labute approximate surface area is 184 Å². The molecule has 0 bridgehead atoms. The summed E-state index contributed by atoms with van der Waals surface area (Å²) in [6, 6.07) is 6.72. The van der Waals surface area contributed by atoms with Crippen LogP contribution < -0.4 is 5.32 Å². The van der Waals surface area contributed by atoms with Gasteiger partial charge < -0.3 is 19.9 Å². The van der Waals surface area contributed by atoms with E-state index in [-0.39, 0.29) is 16.7 Å². The highest BCUT2D eigenvalue weighted by Gasteiger charge is 2.27. The van der Waals surface area contributed by atoms with Gasteiger partial charge in [-0.25, -0.2) is 4.79 Å². The van der Waals surface area contributed by atoms with Crippen LogP contribution in [0, 0.1) is 16.0 Å². The van der Waals surface area contributed by atoms with Gasteiger partial charge in [0, 0.05) is 51.4 Å². The third kappa shape index (κ3) is 7.41. The highest BCUT2D eigenvalue weighted by atomic mass is 16.6. The molecule has 1 fully saturated rings. The highest BCUT2D eigenvalue weighted by molar-refractivity contribution is 5.80. The Morgan fingerprint density at radius 3 is 2.52 bits per heavy atom. The van der Waals surface area contributed by atoms with Gasteiger partial charge in [-0.3, -0.25) is 15.1 Å². The standard InChI is InChI=1S/C22H35N5O4/c1-6-25(21(28)31-22(2,3)4)16-17-11-13-26(14-12-17)20(23-5)24-15-18-9-7-8-10-19(18)27(29)30/h7-10,17H,6,11-16H2,1-5H3,(H,23,24). The molecule has 1 saturated heterocycles. The quantitative estimate of drug-likeness (QED) is 0.318. The molecule has 1 aromatic rings. The lowest BCUT2D eigenvalue weighted by Crippen LogP contribution is -2.47. The van der Waals surface area contributed by atoms with Gasteiger partial charge in [0.25, 0.3) is 5.69 Å². The fourth-order valence-corrected chi connectivity index (χ4v) is 3.64. The first-order valence-corrected chi connectivity index (χ1v) is 10.8. The van der Waals surface area contributed by atoms with Crippen molar-refractivity contribution in [1.82, 2.24) is 15.1 Å². The number of aliphatic imine (C=N–C) groups is 1. The number of para-hydroxylation sites is 1. The minimum atomic E-state index is -0.500. The number of piperidine rings is 1. The second-order valence-electron chi connectivity index (χ2n) is 8.74. The Morgan fingerprint density at radius 1 is 1.32 bits per heavy atom. The first kappa shape index (κ1) is 24.4. The number of ether oxygens (including phenoxy) is 1. The molecule has 0 saturated carbocycles. The van der Waals surface area contributed by atoms with E-state index in [0.717, 1.165) is 31.9 Å². The van der Waals surface area contributed by atoms with E-state index in [1.807, 2.05) is 27.7 Å². The monoisotopic (exact) mass is 433 g/mol. The van der Waals surface area contributed by atoms with Gasteiger partial charge in [0.15, 0.2) is 5.96 Å². The zero-order valence-electron chi connectivity index (χ0n) is 19.3. The maximum absolute atomic E-state index is 12.4. The number of hydrogen-bond donors (Lipinski definition) is 1. The minimum Gasteiger partial charge on any atom is -0.444 e. The molecular formula is C22H35N5O4. The van der Waals surface area contributed by atoms with Crippen LogP contribution in [0.15, 0.2) is 29.3 Å². The third-order valence-corrected chi connectivity index (χ3v) is 5.26. The first-order chi connectivity index (χ1) is 14.6. The molecule has 1 aliphatic rings. The fraction of sp³-hybridized carbons (Fsp3) is 0.636. The summed E-state index contributed by atoms with van der Waals surface area (Å²) in [5.74, 6) is 1.13. The van der Waals surface area contributed by atoms with Crippen LogP contribution in [0.5, 0.6) is 0 Å². The molecule has 1 heterocycles. The predicted molar refractivity (Wildman–Crippen MR) is 121 cm³/mol. The van der Waals surface area contributed by atoms with E-state index in [9.17, 15) is 14.9 Å². The molecule has 172 valence electrons. The van der Waals surface area contributed by atoms with Crippen molar-refractivity contribution in [3.63, 3.8) is 0 Å². The average molecular weight is 434 g/mol. The van der Waals surface area contributed by atoms with Crippen molar-refractivity contribution in [3.05, 3.63) is 39.9 Å². The van der Waals surface area contributed by atoms with Gasteiger partial charge in [-0.05, 0) is 46.5 Å². The van der Waals surface area contributed by atoms with Crippen LogP contribution >= 0.6 is 0 Å². The molecule has 0 unspecified atom stereocenters. The average Bonchev–Trinajstić information content (AvgIpc) is 2.72. The molecule has 1 amide bonds. The highest BCUT2D eigenvalue weighted by Crippen LogP contribution is 2.21. The molecule has 2 rings (SSSR count). The smallest absolute Gasteiger partial charge is 0.410 e. The molecule has 0 spiro atoms. The van der Waals surface area contributed by atoms with Gasteiger partial charge in [-0.2, -0.15) is 0 Å². The van der Waals surface area contributed by atoms with E-state index >= 15 is 0 Å². The SMILES string of the molecule is CCN(CC1CCN(C(=NC)NCc2ccccc2[N+](=O)[O-])CC1)C(=O)OC(C)(C)C. The summed E-state index contributed by atoms with van der Waals surface area (Å²) < 4.78 is 5.51. The van der Waals surface area contributed by atoms with Crippen LogP contribution in [0.1, 0.15) is 46.1 Å². The van der Waals surface area contributed by atoms with Gasteiger partial charge in [0.1, 0.15) is 5.60 Å². The number of hydrogen-bond acceptors (Lipinski definition) is 5. The molecule has 0 aliphatic carbocycles. The molecule has 1 aliphatic heterocycles. The number of nitro groups is 1. The number of guanidine groups is 1. The number of nitrogens with zero attached hydrogens (tertiary/aromatic N) is 4. The number of benzene rings is 1. The number of carbonyl (C=O) groups excluding carboxylic acids is 1. The number of likely N-dealkylation sites (tertiary alicyclic amines) is 1. The van der Waals surface area contributed by atoms with Gasteiger partial charge in [0.2, 0.25) is 0 Å². The number of nitrogens with one attached hydrogen (secondary N) is 1. The molecule has 1 aromatic carbocycles. The van der Waals surface area contributed by atoms with E-state index in [1.54, 1.807) is 30.1 Å². The molecule has 9 heteroatoms. The van der Waals surface area contributed by atoms with Gasteiger partial charge in [-0.15, -0.1) is 0 Å². The van der Waals surface area contributed by atoms with E-state index in [0.29, 0.717) is 31.1 Å². The van der Waals surface area contributed by atoms with Crippen LogP contribution in [-0.4, -0.2) is 65.6 Å². The van der Waals surface area contributed by atoms with Crippen LogP contribution in [0.25, 0.3) is 0 Å². The van der Waals surface area contributed by atoms with Crippen LogP contribution in [-0.2, 0) is 11.3 Å². The normalized spacial score (nSPS) is 15.5. The zero-order valence-corrected chi connectivity index (χ0v) is 19.3. The van der Waals surface area contributed by atoms with Crippen LogP contribution in [0.2, 0.25) is 0 Å². The van der Waals surface area contributed by atoms with Crippen molar-refractivity contribution in [2.75, 3.05) is 33.2 Å². The summed E-state index contributed by atoms with van der Waals surface area (Å²) in [5.41, 5.74) is 0.227. The molecule has 0 aromatic heterocycles. The summed E-state index contributed by atoms with van der Waals surface area (Å²) >= 11 is 0. The Balaban J connectivity index is 1.88. The second-order valence-corrected chi connectivity index (χ2v) is 8.74. The van der Waals surface area contributed by atoms with Gasteiger partial charge >= 0.3 is 6.09 Å². The van der Waals surface area contributed by atoms with Crippen LogP contribution in [0.4, 0.5) is 10.5 Å². The number of amides is 1. The van der Waals surface area contributed by atoms with Crippen LogP contribution in [0.3, 0.4) is 0 Å².